The number of rotatable bonds is 3. The average molecular weight is 266 g/mol. The zero-order valence-corrected chi connectivity index (χ0v) is 10.5. The maximum Gasteiger partial charge on any atom is 0.336 e. The van der Waals surface area contributed by atoms with Crippen molar-refractivity contribution in [1.29, 1.82) is 0 Å². The molecule has 0 spiro atoms. The lowest BCUT2D eigenvalue weighted by Gasteiger charge is -2.32. The Morgan fingerprint density at radius 2 is 2.16 bits per heavy atom. The molecule has 0 aromatic carbocycles. The highest BCUT2D eigenvalue weighted by Crippen LogP contribution is 2.67. The van der Waals surface area contributed by atoms with Crippen LogP contribution in [0.4, 0.5) is 0 Å². The molecule has 2 bridgehead atoms. The molecule has 6 heteroatoms. The monoisotopic (exact) mass is 266 g/mol. The first-order valence-corrected chi connectivity index (χ1v) is 6.17. The first-order chi connectivity index (χ1) is 8.82. The Morgan fingerprint density at radius 3 is 2.68 bits per heavy atom. The molecule has 0 radical (unpaired) electrons. The Bertz CT molecular complexity index is 523. The summed E-state index contributed by atoms with van der Waals surface area (Å²) in [7, 11) is 0. The minimum Gasteiger partial charge on any atom is -0.480 e. The zero-order chi connectivity index (χ0) is 14.0. The minimum absolute atomic E-state index is 0.0467. The van der Waals surface area contributed by atoms with E-state index < -0.39 is 35.0 Å². The van der Waals surface area contributed by atoms with Gasteiger partial charge in [-0.05, 0) is 25.7 Å². The summed E-state index contributed by atoms with van der Waals surface area (Å²) < 4.78 is 10.5. The summed E-state index contributed by atoms with van der Waals surface area (Å²) >= 11 is 0. The van der Waals surface area contributed by atoms with E-state index in [1.807, 2.05) is 0 Å². The highest BCUT2D eigenvalue weighted by Gasteiger charge is 2.79. The van der Waals surface area contributed by atoms with Gasteiger partial charge in [-0.1, -0.05) is 6.58 Å². The molecule has 4 atom stereocenters. The number of hydrogen-bond donors (Lipinski definition) is 1. The van der Waals surface area contributed by atoms with Crippen LogP contribution < -0.4 is 0 Å². The van der Waals surface area contributed by atoms with Gasteiger partial charge in [-0.25, -0.2) is 4.79 Å². The van der Waals surface area contributed by atoms with Crippen molar-refractivity contribution in [3.8, 4) is 0 Å². The Labute approximate surface area is 109 Å². The molecule has 3 rings (SSSR count). The molecule has 102 valence electrons. The van der Waals surface area contributed by atoms with Gasteiger partial charge in [-0.3, -0.25) is 9.59 Å². The summed E-state index contributed by atoms with van der Waals surface area (Å²) in [6.45, 7) is 4.97. The van der Waals surface area contributed by atoms with Crippen molar-refractivity contribution in [2.24, 2.45) is 17.3 Å². The van der Waals surface area contributed by atoms with E-state index in [1.165, 1.54) is 6.92 Å². The standard InChI is InChI=1S/C13H14O6/c1-6(2)9(14)18-13-5-7-3-8(13)12(4-7,10(15)16)11(17)19-13/h7-8H,1,3-5H2,2H3,(H,15,16). The number of fused-ring (bicyclic) bond motifs is 1. The fourth-order valence-electron chi connectivity index (χ4n) is 3.76. The number of carboxylic acid groups (broad SMARTS) is 1. The molecule has 6 nitrogen and oxygen atoms in total. The van der Waals surface area contributed by atoms with Crippen molar-refractivity contribution < 1.29 is 29.0 Å². The molecule has 19 heavy (non-hydrogen) atoms. The Morgan fingerprint density at radius 1 is 1.47 bits per heavy atom. The van der Waals surface area contributed by atoms with Crippen molar-refractivity contribution in [3.05, 3.63) is 12.2 Å². The summed E-state index contributed by atoms with van der Waals surface area (Å²) in [5.74, 6) is -4.54. The van der Waals surface area contributed by atoms with Crippen LogP contribution in [-0.4, -0.2) is 28.8 Å². The maximum absolute atomic E-state index is 12.0. The Balaban J connectivity index is 1.99. The van der Waals surface area contributed by atoms with Gasteiger partial charge in [-0.2, -0.15) is 0 Å². The van der Waals surface area contributed by atoms with Crippen molar-refractivity contribution >= 4 is 17.9 Å². The largest absolute Gasteiger partial charge is 0.480 e. The SMILES string of the molecule is C=C(C)C(=O)OC12CC3CC1C(C(=O)O)(C3)C(=O)O2. The van der Waals surface area contributed by atoms with Crippen LogP contribution in [0.25, 0.3) is 0 Å². The molecular weight excluding hydrogens is 252 g/mol. The van der Waals surface area contributed by atoms with Crippen LogP contribution in [-0.2, 0) is 23.9 Å². The fraction of sp³-hybridized carbons (Fsp3) is 0.615. The van der Waals surface area contributed by atoms with E-state index >= 15 is 0 Å². The van der Waals surface area contributed by atoms with Crippen molar-refractivity contribution in [2.45, 2.75) is 32.0 Å². The summed E-state index contributed by atoms with van der Waals surface area (Å²) in [6, 6.07) is 0. The van der Waals surface area contributed by atoms with E-state index in [0.29, 0.717) is 12.8 Å². The van der Waals surface area contributed by atoms with E-state index in [2.05, 4.69) is 6.58 Å². The maximum atomic E-state index is 12.0. The van der Waals surface area contributed by atoms with Gasteiger partial charge in [0, 0.05) is 12.0 Å². The zero-order valence-electron chi connectivity index (χ0n) is 10.5. The number of carboxylic acids is 1. The van der Waals surface area contributed by atoms with E-state index in [0.717, 1.165) is 0 Å². The van der Waals surface area contributed by atoms with E-state index in [4.69, 9.17) is 9.47 Å². The molecule has 1 heterocycles. The molecular formula is C13H14O6. The third kappa shape index (κ3) is 1.29. The van der Waals surface area contributed by atoms with Gasteiger partial charge in [-0.15, -0.1) is 0 Å². The summed E-state index contributed by atoms with van der Waals surface area (Å²) in [4.78, 5) is 35.2. The molecule has 1 saturated heterocycles. The number of aliphatic carboxylic acids is 1. The fourth-order valence-corrected chi connectivity index (χ4v) is 3.76. The normalized spacial score (nSPS) is 42.1. The topological polar surface area (TPSA) is 89.9 Å². The third-order valence-electron chi connectivity index (χ3n) is 4.50. The third-order valence-corrected chi connectivity index (χ3v) is 4.50. The molecule has 0 aromatic rings. The number of ether oxygens (including phenoxy) is 2. The predicted octanol–water partition coefficient (Wildman–Crippen LogP) is 0.860. The summed E-state index contributed by atoms with van der Waals surface area (Å²) in [5, 5.41) is 9.38. The quantitative estimate of drug-likeness (QED) is 0.463. The molecule has 1 aliphatic heterocycles. The summed E-state index contributed by atoms with van der Waals surface area (Å²) in [6.07, 6.45) is 1.21. The van der Waals surface area contributed by atoms with Gasteiger partial charge in [0.2, 0.25) is 0 Å². The van der Waals surface area contributed by atoms with Gasteiger partial charge in [0.15, 0.2) is 5.41 Å². The predicted molar refractivity (Wildman–Crippen MR) is 60.6 cm³/mol. The second-order valence-electron chi connectivity index (χ2n) is 5.71. The lowest BCUT2D eigenvalue weighted by atomic mass is 9.73. The molecule has 2 aliphatic carbocycles. The van der Waals surface area contributed by atoms with Crippen LogP contribution in [0.5, 0.6) is 0 Å². The average Bonchev–Trinajstić information content (AvgIpc) is 2.85. The molecule has 3 fully saturated rings. The van der Waals surface area contributed by atoms with Crippen LogP contribution in [0.2, 0.25) is 0 Å². The lowest BCUT2D eigenvalue weighted by molar-refractivity contribution is -0.220. The molecule has 2 saturated carbocycles. The second kappa shape index (κ2) is 3.37. The van der Waals surface area contributed by atoms with Crippen LogP contribution in [0.15, 0.2) is 12.2 Å². The first kappa shape index (κ1) is 12.2. The second-order valence-corrected chi connectivity index (χ2v) is 5.71. The van der Waals surface area contributed by atoms with Crippen LogP contribution in [0.3, 0.4) is 0 Å². The molecule has 4 unspecified atom stereocenters. The minimum atomic E-state index is -1.53. The summed E-state index contributed by atoms with van der Waals surface area (Å²) in [5.41, 5.74) is -1.33. The van der Waals surface area contributed by atoms with Crippen molar-refractivity contribution in [1.82, 2.24) is 0 Å². The van der Waals surface area contributed by atoms with Gasteiger partial charge < -0.3 is 14.6 Å². The lowest BCUT2D eigenvalue weighted by Crippen LogP contribution is -2.46. The number of carbonyl (C=O) groups excluding carboxylic acids is 2. The Hall–Kier alpha value is -1.85. The van der Waals surface area contributed by atoms with Crippen LogP contribution in [0, 0.1) is 17.3 Å². The van der Waals surface area contributed by atoms with E-state index in [1.54, 1.807) is 0 Å². The van der Waals surface area contributed by atoms with Crippen molar-refractivity contribution in [3.63, 3.8) is 0 Å². The molecule has 0 amide bonds. The van der Waals surface area contributed by atoms with Gasteiger partial charge >= 0.3 is 17.9 Å². The smallest absolute Gasteiger partial charge is 0.336 e. The molecule has 1 N–H and O–H groups in total. The first-order valence-electron chi connectivity index (χ1n) is 6.17. The molecule has 0 aromatic heterocycles. The van der Waals surface area contributed by atoms with E-state index in [-0.39, 0.29) is 17.9 Å². The Kier molecular flexibility index (Phi) is 2.17. The van der Waals surface area contributed by atoms with Crippen LogP contribution >= 0.6 is 0 Å². The highest BCUT2D eigenvalue weighted by molar-refractivity contribution is 6.02. The van der Waals surface area contributed by atoms with Gasteiger partial charge in [0.1, 0.15) is 0 Å². The highest BCUT2D eigenvalue weighted by atomic mass is 16.7. The van der Waals surface area contributed by atoms with Crippen LogP contribution in [0.1, 0.15) is 26.2 Å². The van der Waals surface area contributed by atoms with E-state index in [9.17, 15) is 19.5 Å². The number of esters is 2. The van der Waals surface area contributed by atoms with Gasteiger partial charge in [0.05, 0.1) is 5.92 Å². The van der Waals surface area contributed by atoms with Crippen molar-refractivity contribution in [2.75, 3.05) is 0 Å². The number of carbonyl (C=O) groups is 3. The number of hydrogen-bond acceptors (Lipinski definition) is 5. The molecule has 3 aliphatic rings. The van der Waals surface area contributed by atoms with Gasteiger partial charge in [0.25, 0.3) is 5.79 Å².